The first kappa shape index (κ1) is 28.3. The summed E-state index contributed by atoms with van der Waals surface area (Å²) < 4.78 is 14.7. The van der Waals surface area contributed by atoms with Crippen LogP contribution in [-0.4, -0.2) is 22.5 Å². The summed E-state index contributed by atoms with van der Waals surface area (Å²) in [5, 5.41) is 5.42. The Bertz CT molecular complexity index is 1550. The third-order valence-corrected chi connectivity index (χ3v) is 8.09. The molecule has 0 aliphatic carbocycles. The average Bonchev–Trinajstić information content (AvgIpc) is 2.91. The fraction of sp³-hybridized carbons (Fsp3) is 0.276. The first-order valence-electron chi connectivity index (χ1n) is 12.3. The molecule has 1 atom stereocenters. The lowest BCUT2D eigenvalue weighted by atomic mass is 10.1. The van der Waals surface area contributed by atoms with Crippen molar-refractivity contribution in [2.75, 3.05) is 6.61 Å². The number of aromatic nitrogens is 2. The molecule has 0 spiro atoms. The third kappa shape index (κ3) is 6.14. The molecule has 1 aromatic heterocycles. The second-order valence-electron chi connectivity index (χ2n) is 8.93. The molecular formula is C29H28Br2ClN3O3. The van der Waals surface area contributed by atoms with Crippen LogP contribution in [0.25, 0.3) is 10.9 Å². The van der Waals surface area contributed by atoms with Crippen molar-refractivity contribution in [3.63, 3.8) is 0 Å². The van der Waals surface area contributed by atoms with Gasteiger partial charge in [0, 0.05) is 20.4 Å². The molecule has 0 N–H and O–H groups in total. The Morgan fingerprint density at radius 2 is 1.84 bits per heavy atom. The molecule has 9 heteroatoms. The Hall–Kier alpha value is -2.68. The lowest BCUT2D eigenvalue weighted by molar-refractivity contribution is 0.269. The number of fused-ring (bicyclic) bond motifs is 1. The van der Waals surface area contributed by atoms with E-state index >= 15 is 0 Å². The first-order valence-corrected chi connectivity index (χ1v) is 14.3. The zero-order valence-corrected chi connectivity index (χ0v) is 25.5. The Kier molecular flexibility index (Phi) is 9.28. The lowest BCUT2D eigenvalue weighted by Gasteiger charge is -2.17. The fourth-order valence-electron chi connectivity index (χ4n) is 3.83. The van der Waals surface area contributed by atoms with E-state index in [1.54, 1.807) is 18.3 Å². The van der Waals surface area contributed by atoms with Crippen LogP contribution in [-0.2, 0) is 6.61 Å². The first-order chi connectivity index (χ1) is 18.2. The van der Waals surface area contributed by atoms with Crippen molar-refractivity contribution < 1.29 is 9.47 Å². The van der Waals surface area contributed by atoms with Gasteiger partial charge in [0.15, 0.2) is 11.5 Å². The molecule has 0 saturated carbocycles. The van der Waals surface area contributed by atoms with E-state index in [-0.39, 0.29) is 11.5 Å². The van der Waals surface area contributed by atoms with Crippen molar-refractivity contribution in [3.05, 3.63) is 95.4 Å². The third-order valence-electron chi connectivity index (χ3n) is 6.16. The van der Waals surface area contributed by atoms with Crippen molar-refractivity contribution in [2.45, 2.75) is 46.6 Å². The number of aryl methyl sites for hydroxylation is 1. The maximum atomic E-state index is 13.5. The SMILES string of the molecule is CCOc1cc(C=Nn2c([C@@H](C)CC)nc3ccc(Br)cc3c2=O)c(Br)c(Cl)c1OCc1ccc(C)cc1. The summed E-state index contributed by atoms with van der Waals surface area (Å²) in [7, 11) is 0. The summed E-state index contributed by atoms with van der Waals surface area (Å²) >= 11 is 13.8. The highest BCUT2D eigenvalue weighted by atomic mass is 79.9. The van der Waals surface area contributed by atoms with Crippen molar-refractivity contribution in [1.82, 2.24) is 9.66 Å². The summed E-state index contributed by atoms with van der Waals surface area (Å²) in [6.07, 6.45) is 2.39. The summed E-state index contributed by atoms with van der Waals surface area (Å²) in [4.78, 5) is 18.2. The molecule has 198 valence electrons. The van der Waals surface area contributed by atoms with Crippen LogP contribution in [0, 0.1) is 6.92 Å². The van der Waals surface area contributed by atoms with E-state index in [0.717, 1.165) is 16.5 Å². The zero-order valence-electron chi connectivity index (χ0n) is 21.6. The molecule has 0 saturated heterocycles. The van der Waals surface area contributed by atoms with Gasteiger partial charge >= 0.3 is 0 Å². The monoisotopic (exact) mass is 659 g/mol. The largest absolute Gasteiger partial charge is 0.490 e. The number of ether oxygens (including phenoxy) is 2. The van der Waals surface area contributed by atoms with Crippen molar-refractivity contribution in [3.8, 4) is 11.5 Å². The normalized spacial score (nSPS) is 12.3. The van der Waals surface area contributed by atoms with Gasteiger partial charge in [0.2, 0.25) is 0 Å². The molecule has 38 heavy (non-hydrogen) atoms. The number of halogens is 3. The summed E-state index contributed by atoms with van der Waals surface area (Å²) in [6, 6.07) is 15.4. The second-order valence-corrected chi connectivity index (χ2v) is 11.0. The highest BCUT2D eigenvalue weighted by Gasteiger charge is 2.19. The standard InChI is InChI=1S/C29H28Br2ClN3O3/c1-5-18(4)28-34-23-12-11-21(30)14-22(23)29(36)35(28)33-15-20-13-24(37-6-2)27(26(32)25(20)31)38-16-19-9-7-17(3)8-10-19/h7-15,18H,5-6,16H2,1-4H3/t18-/m0/s1. The van der Waals surface area contributed by atoms with Gasteiger partial charge < -0.3 is 9.47 Å². The number of hydrogen-bond donors (Lipinski definition) is 0. The minimum absolute atomic E-state index is 0.0245. The van der Waals surface area contributed by atoms with Crippen molar-refractivity contribution in [2.24, 2.45) is 5.10 Å². The molecule has 0 aliphatic heterocycles. The molecule has 1 heterocycles. The second kappa shape index (κ2) is 12.5. The van der Waals surface area contributed by atoms with Gasteiger partial charge in [-0.3, -0.25) is 4.79 Å². The Balaban J connectivity index is 1.76. The molecule has 3 aromatic carbocycles. The van der Waals surface area contributed by atoms with Crippen LogP contribution in [0.2, 0.25) is 5.02 Å². The van der Waals surface area contributed by atoms with Gasteiger partial charge in [0.1, 0.15) is 17.5 Å². The molecule has 0 bridgehead atoms. The van der Waals surface area contributed by atoms with E-state index in [2.05, 4.69) is 43.9 Å². The number of hydrogen-bond acceptors (Lipinski definition) is 5. The van der Waals surface area contributed by atoms with Gasteiger partial charge in [0.05, 0.1) is 23.7 Å². The van der Waals surface area contributed by atoms with Gasteiger partial charge in [-0.2, -0.15) is 9.78 Å². The minimum Gasteiger partial charge on any atom is -0.490 e. The molecule has 6 nitrogen and oxygen atoms in total. The molecule has 0 aliphatic rings. The smallest absolute Gasteiger partial charge is 0.282 e. The van der Waals surface area contributed by atoms with Crippen LogP contribution in [0.3, 0.4) is 0 Å². The number of benzene rings is 3. The molecule has 4 rings (SSSR count). The van der Waals surface area contributed by atoms with E-state index in [1.165, 1.54) is 10.2 Å². The maximum Gasteiger partial charge on any atom is 0.282 e. The van der Waals surface area contributed by atoms with Gasteiger partial charge in [-0.25, -0.2) is 4.98 Å². The van der Waals surface area contributed by atoms with Gasteiger partial charge in [-0.05, 0) is 66.0 Å². The fourth-order valence-corrected chi connectivity index (χ4v) is 4.85. The highest BCUT2D eigenvalue weighted by molar-refractivity contribution is 9.10. The van der Waals surface area contributed by atoms with Crippen LogP contribution in [0.4, 0.5) is 0 Å². The Labute approximate surface area is 243 Å². The topological polar surface area (TPSA) is 65.7 Å². The van der Waals surface area contributed by atoms with E-state index in [0.29, 0.717) is 56.5 Å². The molecule has 4 aromatic rings. The molecule has 0 radical (unpaired) electrons. The minimum atomic E-state index is -0.242. The van der Waals surface area contributed by atoms with Gasteiger partial charge in [0.25, 0.3) is 5.56 Å². The summed E-state index contributed by atoms with van der Waals surface area (Å²) in [6.45, 7) is 8.78. The van der Waals surface area contributed by atoms with Crippen LogP contribution in [0.5, 0.6) is 11.5 Å². The van der Waals surface area contributed by atoms with Gasteiger partial charge in [-0.15, -0.1) is 0 Å². The van der Waals surface area contributed by atoms with E-state index in [4.69, 9.17) is 26.1 Å². The highest BCUT2D eigenvalue weighted by Crippen LogP contribution is 2.42. The summed E-state index contributed by atoms with van der Waals surface area (Å²) in [5.74, 6) is 1.54. The molecule has 0 unspecified atom stereocenters. The number of nitrogens with zero attached hydrogens (tertiary/aromatic N) is 3. The predicted octanol–water partition coefficient (Wildman–Crippen LogP) is 8.26. The summed E-state index contributed by atoms with van der Waals surface area (Å²) in [5.41, 5.74) is 3.23. The van der Waals surface area contributed by atoms with Crippen molar-refractivity contribution in [1.29, 1.82) is 0 Å². The molecule has 0 fully saturated rings. The van der Waals surface area contributed by atoms with Crippen LogP contribution in [0.15, 0.2) is 67.4 Å². The van der Waals surface area contributed by atoms with Crippen molar-refractivity contribution >= 4 is 60.6 Å². The quantitative estimate of drug-likeness (QED) is 0.170. The van der Waals surface area contributed by atoms with Crippen LogP contribution in [0.1, 0.15) is 55.6 Å². The molecule has 0 amide bonds. The Morgan fingerprint density at radius 3 is 2.53 bits per heavy atom. The molecular weight excluding hydrogens is 634 g/mol. The number of rotatable bonds is 9. The Morgan fingerprint density at radius 1 is 1.11 bits per heavy atom. The van der Waals surface area contributed by atoms with Gasteiger partial charge in [-0.1, -0.05) is 71.2 Å². The van der Waals surface area contributed by atoms with Crippen LogP contribution >= 0.6 is 43.5 Å². The van der Waals surface area contributed by atoms with E-state index in [1.807, 2.05) is 57.2 Å². The van der Waals surface area contributed by atoms with Crippen LogP contribution < -0.4 is 15.0 Å². The van der Waals surface area contributed by atoms with E-state index < -0.39 is 0 Å². The predicted molar refractivity (Wildman–Crippen MR) is 161 cm³/mol. The average molecular weight is 662 g/mol. The van der Waals surface area contributed by atoms with E-state index in [9.17, 15) is 4.79 Å². The maximum absolute atomic E-state index is 13.5. The lowest BCUT2D eigenvalue weighted by Crippen LogP contribution is -2.23. The zero-order chi connectivity index (χ0) is 27.4.